The van der Waals surface area contributed by atoms with Gasteiger partial charge in [-0.3, -0.25) is 4.79 Å². The first-order valence-corrected chi connectivity index (χ1v) is 8.65. The second-order valence-electron chi connectivity index (χ2n) is 5.50. The van der Waals surface area contributed by atoms with Gasteiger partial charge in [0.1, 0.15) is 11.6 Å². The predicted molar refractivity (Wildman–Crippen MR) is 99.1 cm³/mol. The lowest BCUT2D eigenvalue weighted by Crippen LogP contribution is -2.25. The molecule has 0 aliphatic heterocycles. The number of furan rings is 1. The van der Waals surface area contributed by atoms with Crippen molar-refractivity contribution < 1.29 is 18.0 Å². The number of anilines is 1. The molecule has 0 N–H and O–H groups in total. The highest BCUT2D eigenvalue weighted by Crippen LogP contribution is 2.30. The number of thiazole rings is 1. The number of rotatable bonds is 4. The minimum atomic E-state index is -0.530. The Morgan fingerprint density at radius 2 is 1.89 bits per heavy atom. The average Bonchev–Trinajstić information content (AvgIpc) is 3.32. The molecular weight excluding hydrogens is 372 g/mol. The van der Waals surface area contributed by atoms with Crippen LogP contribution in [0.3, 0.4) is 0 Å². The van der Waals surface area contributed by atoms with Crippen LogP contribution in [0.4, 0.5) is 13.9 Å². The largest absolute Gasteiger partial charge is 0.459 e. The number of amides is 1. The van der Waals surface area contributed by atoms with E-state index in [2.05, 4.69) is 10.1 Å². The van der Waals surface area contributed by atoms with Gasteiger partial charge in [-0.1, -0.05) is 23.5 Å². The van der Waals surface area contributed by atoms with E-state index in [1.807, 2.05) is 0 Å². The summed E-state index contributed by atoms with van der Waals surface area (Å²) in [6, 6.07) is 12.9. The summed E-state index contributed by atoms with van der Waals surface area (Å²) in [5, 5.41) is 5.53. The smallest absolute Gasteiger partial charge is 0.316 e. The van der Waals surface area contributed by atoms with Gasteiger partial charge in [-0.2, -0.15) is 10.1 Å². The Balaban J connectivity index is 1.74. The van der Waals surface area contributed by atoms with Gasteiger partial charge in [0.05, 0.1) is 22.7 Å². The van der Waals surface area contributed by atoms with Crippen LogP contribution in [0.25, 0.3) is 10.2 Å². The van der Waals surface area contributed by atoms with E-state index in [1.165, 1.54) is 61.0 Å². The second-order valence-corrected chi connectivity index (χ2v) is 6.51. The van der Waals surface area contributed by atoms with Gasteiger partial charge in [0.15, 0.2) is 5.76 Å². The second kappa shape index (κ2) is 7.08. The van der Waals surface area contributed by atoms with E-state index in [0.717, 1.165) is 16.3 Å². The van der Waals surface area contributed by atoms with Gasteiger partial charge in [0, 0.05) is 0 Å². The number of nitrogens with zero attached hydrogens (tertiary/aromatic N) is 3. The van der Waals surface area contributed by atoms with Crippen molar-refractivity contribution in [1.29, 1.82) is 0 Å². The zero-order chi connectivity index (χ0) is 18.8. The van der Waals surface area contributed by atoms with Crippen LogP contribution in [-0.4, -0.2) is 17.1 Å². The molecule has 134 valence electrons. The zero-order valence-electron chi connectivity index (χ0n) is 13.7. The predicted octanol–water partition coefficient (Wildman–Crippen LogP) is 4.85. The summed E-state index contributed by atoms with van der Waals surface area (Å²) in [5.74, 6) is -1.21. The molecular formula is C19H11F2N3O2S. The quantitative estimate of drug-likeness (QED) is 0.374. The molecule has 0 atom stereocenters. The number of carbonyl (C=O) groups is 1. The van der Waals surface area contributed by atoms with Crippen LogP contribution >= 0.6 is 11.3 Å². The summed E-state index contributed by atoms with van der Waals surface area (Å²) in [7, 11) is 0. The third-order valence-corrected chi connectivity index (χ3v) is 4.63. The molecule has 0 unspecified atom stereocenters. The van der Waals surface area contributed by atoms with Gasteiger partial charge < -0.3 is 4.42 Å². The number of hydrogen-bond acceptors (Lipinski definition) is 5. The maximum absolute atomic E-state index is 13.5. The summed E-state index contributed by atoms with van der Waals surface area (Å²) in [5.41, 5.74) is 1.14. The lowest BCUT2D eigenvalue weighted by atomic mass is 10.2. The summed E-state index contributed by atoms with van der Waals surface area (Å²) in [6.45, 7) is 0. The normalized spacial score (nSPS) is 11.3. The standard InChI is InChI=1S/C19H11F2N3O2S/c20-13-5-3-12(4-6-13)11-22-24(18(25)16-2-1-9-26-16)19-23-15-8-7-14(21)10-17(15)27-19/h1-11H/b22-11+. The molecule has 2 aromatic heterocycles. The first-order chi connectivity index (χ1) is 13.1. The van der Waals surface area contributed by atoms with E-state index in [0.29, 0.717) is 15.8 Å². The molecule has 0 bridgehead atoms. The molecule has 8 heteroatoms. The van der Waals surface area contributed by atoms with Gasteiger partial charge in [-0.25, -0.2) is 13.8 Å². The van der Waals surface area contributed by atoms with Gasteiger partial charge in [-0.15, -0.1) is 0 Å². The monoisotopic (exact) mass is 383 g/mol. The van der Waals surface area contributed by atoms with Gasteiger partial charge in [0.2, 0.25) is 5.13 Å². The van der Waals surface area contributed by atoms with Gasteiger partial charge >= 0.3 is 5.91 Å². The maximum atomic E-state index is 13.5. The maximum Gasteiger partial charge on any atom is 0.316 e. The van der Waals surface area contributed by atoms with Crippen molar-refractivity contribution in [2.24, 2.45) is 5.10 Å². The van der Waals surface area contributed by atoms with E-state index in [9.17, 15) is 13.6 Å². The summed E-state index contributed by atoms with van der Waals surface area (Å²) >= 11 is 1.12. The highest BCUT2D eigenvalue weighted by Gasteiger charge is 2.23. The molecule has 0 saturated carbocycles. The number of halogens is 2. The molecule has 0 spiro atoms. The van der Waals surface area contributed by atoms with Crippen LogP contribution in [0, 0.1) is 11.6 Å². The molecule has 0 radical (unpaired) electrons. The Bertz CT molecular complexity index is 1120. The van der Waals surface area contributed by atoms with E-state index < -0.39 is 11.7 Å². The zero-order valence-corrected chi connectivity index (χ0v) is 14.5. The van der Waals surface area contributed by atoms with E-state index >= 15 is 0 Å². The van der Waals surface area contributed by atoms with Gasteiger partial charge in [0.25, 0.3) is 0 Å². The third kappa shape index (κ3) is 3.61. The lowest BCUT2D eigenvalue weighted by Gasteiger charge is -2.11. The van der Waals surface area contributed by atoms with Crippen molar-refractivity contribution >= 4 is 38.8 Å². The van der Waals surface area contributed by atoms with Crippen LogP contribution in [0.2, 0.25) is 0 Å². The first-order valence-electron chi connectivity index (χ1n) is 7.84. The Morgan fingerprint density at radius 3 is 2.63 bits per heavy atom. The van der Waals surface area contributed by atoms with Crippen molar-refractivity contribution in [3.05, 3.63) is 83.8 Å². The van der Waals surface area contributed by atoms with E-state index in [4.69, 9.17) is 4.42 Å². The lowest BCUT2D eigenvalue weighted by molar-refractivity contribution is 0.0961. The van der Waals surface area contributed by atoms with Crippen LogP contribution in [-0.2, 0) is 0 Å². The fourth-order valence-electron chi connectivity index (χ4n) is 2.34. The highest BCUT2D eigenvalue weighted by molar-refractivity contribution is 7.22. The van der Waals surface area contributed by atoms with Crippen molar-refractivity contribution in [2.75, 3.05) is 5.01 Å². The fourth-order valence-corrected chi connectivity index (χ4v) is 3.29. The number of fused-ring (bicyclic) bond motifs is 1. The number of benzene rings is 2. The Hall–Kier alpha value is -3.39. The van der Waals surface area contributed by atoms with E-state index in [1.54, 1.807) is 6.07 Å². The van der Waals surface area contributed by atoms with Crippen molar-refractivity contribution in [1.82, 2.24) is 4.98 Å². The molecule has 2 aromatic carbocycles. The molecule has 5 nitrogen and oxygen atoms in total. The molecule has 0 aliphatic rings. The topological polar surface area (TPSA) is 58.7 Å². The van der Waals surface area contributed by atoms with Crippen LogP contribution in [0.1, 0.15) is 16.1 Å². The molecule has 2 heterocycles. The molecule has 4 rings (SSSR count). The third-order valence-electron chi connectivity index (χ3n) is 3.64. The van der Waals surface area contributed by atoms with Crippen LogP contribution < -0.4 is 5.01 Å². The number of hydrogen-bond donors (Lipinski definition) is 0. The molecule has 1 amide bonds. The van der Waals surface area contributed by atoms with Crippen molar-refractivity contribution in [3.63, 3.8) is 0 Å². The molecule has 0 saturated heterocycles. The fraction of sp³-hybridized carbons (Fsp3) is 0. The molecule has 4 aromatic rings. The Labute approximate surface area is 156 Å². The molecule has 0 aliphatic carbocycles. The minimum Gasteiger partial charge on any atom is -0.459 e. The highest BCUT2D eigenvalue weighted by atomic mass is 32.1. The van der Waals surface area contributed by atoms with Crippen LogP contribution in [0.15, 0.2) is 70.4 Å². The average molecular weight is 383 g/mol. The van der Waals surface area contributed by atoms with Crippen molar-refractivity contribution in [2.45, 2.75) is 0 Å². The summed E-state index contributed by atoms with van der Waals surface area (Å²) in [6.07, 6.45) is 2.79. The van der Waals surface area contributed by atoms with Crippen molar-refractivity contribution in [3.8, 4) is 0 Å². The Morgan fingerprint density at radius 1 is 1.11 bits per heavy atom. The minimum absolute atomic E-state index is 0.0803. The van der Waals surface area contributed by atoms with Gasteiger partial charge in [-0.05, 0) is 48.0 Å². The Kier molecular flexibility index (Phi) is 4.47. The first kappa shape index (κ1) is 17.0. The molecule has 27 heavy (non-hydrogen) atoms. The molecule has 0 fully saturated rings. The summed E-state index contributed by atoms with van der Waals surface area (Å²) in [4.78, 5) is 17.1. The number of hydrazone groups is 1. The number of aromatic nitrogens is 1. The SMILES string of the molecule is O=C(c1ccco1)N(/N=C/c1ccc(F)cc1)c1nc2ccc(F)cc2s1. The summed E-state index contributed by atoms with van der Waals surface area (Å²) < 4.78 is 32.3. The van der Waals surface area contributed by atoms with Crippen LogP contribution in [0.5, 0.6) is 0 Å². The number of carbonyl (C=O) groups excluding carboxylic acids is 1. The van der Waals surface area contributed by atoms with E-state index in [-0.39, 0.29) is 16.7 Å².